The number of aromatic nitrogens is 6. The molecule has 6 aromatic rings. The zero-order chi connectivity index (χ0) is 50.0. The monoisotopic (exact) mass is 1000 g/mol. The average Bonchev–Trinajstić information content (AvgIpc) is 4.11. The number of thiophene rings is 1. The normalized spacial score (nSPS) is 17.4. The highest BCUT2D eigenvalue weighted by Crippen LogP contribution is 2.40. The van der Waals surface area contributed by atoms with Crippen molar-refractivity contribution in [2.45, 2.75) is 78.6 Å². The van der Waals surface area contributed by atoms with Gasteiger partial charge >= 0.3 is 17.8 Å². The lowest BCUT2D eigenvalue weighted by molar-refractivity contribution is -0.192. The largest absolute Gasteiger partial charge is 0.508 e. The summed E-state index contributed by atoms with van der Waals surface area (Å²) in [5.74, 6) is -0.221. The van der Waals surface area contributed by atoms with Crippen molar-refractivity contribution in [3.63, 3.8) is 0 Å². The molecule has 1 amide bonds. The van der Waals surface area contributed by atoms with Gasteiger partial charge in [0.15, 0.2) is 11.6 Å². The molecule has 0 bridgehead atoms. The van der Waals surface area contributed by atoms with Crippen molar-refractivity contribution in [1.29, 1.82) is 0 Å². The number of H-pyrrole nitrogens is 1. The van der Waals surface area contributed by atoms with Gasteiger partial charge in [0, 0.05) is 52.6 Å². The maximum absolute atomic E-state index is 13.7. The van der Waals surface area contributed by atoms with Crippen LogP contribution in [0.4, 0.5) is 13.2 Å². The zero-order valence-corrected chi connectivity index (χ0v) is 40.6. The number of aromatic amines is 1. The summed E-state index contributed by atoms with van der Waals surface area (Å²) in [6.07, 6.45) is -1.12. The van der Waals surface area contributed by atoms with Crippen LogP contribution in [0.1, 0.15) is 83.0 Å². The SMILES string of the molecule is CCc1cc(-c2n[nH]c(=O)n2-c2ccc(CN3CCC(C(=O)N4CCC(CNCC[C@@H]5N=C(c6ccc(Cl)cc6)c6c(sc(C)c6C)-n6c(C)nnc65)C4)CC3)cc2)c(O)cc1O.O=C(O)C(F)(F)F. The predicted molar refractivity (Wildman–Crippen MR) is 259 cm³/mol. The number of aryl methyl sites for hydroxylation is 3. The molecule has 2 fully saturated rings. The number of amides is 1. The molecule has 370 valence electrons. The van der Waals surface area contributed by atoms with E-state index in [-0.39, 0.29) is 35.2 Å². The third kappa shape index (κ3) is 10.7. The van der Waals surface area contributed by atoms with Gasteiger partial charge in [0.2, 0.25) is 5.91 Å². The molecule has 5 N–H and O–H groups in total. The fourth-order valence-corrected chi connectivity index (χ4v) is 10.7. The van der Waals surface area contributed by atoms with Crippen LogP contribution in [0.15, 0.2) is 70.5 Å². The van der Waals surface area contributed by atoms with E-state index in [4.69, 9.17) is 26.5 Å². The lowest BCUT2D eigenvalue weighted by Gasteiger charge is -2.33. The molecule has 1 unspecified atom stereocenters. The van der Waals surface area contributed by atoms with E-state index in [0.717, 1.165) is 111 Å². The minimum Gasteiger partial charge on any atom is -0.508 e. The highest BCUT2D eigenvalue weighted by atomic mass is 35.5. The summed E-state index contributed by atoms with van der Waals surface area (Å²) >= 11 is 8.05. The van der Waals surface area contributed by atoms with Gasteiger partial charge in [-0.25, -0.2) is 19.3 Å². The number of halogens is 4. The number of nitrogens with zero attached hydrogens (tertiary/aromatic N) is 8. The lowest BCUT2D eigenvalue weighted by Crippen LogP contribution is -2.41. The summed E-state index contributed by atoms with van der Waals surface area (Å²) in [6.45, 7) is 13.8. The van der Waals surface area contributed by atoms with Crippen LogP contribution in [0, 0.1) is 32.6 Å². The number of carbonyl (C=O) groups is 2. The van der Waals surface area contributed by atoms with Gasteiger partial charge < -0.3 is 25.5 Å². The topological polar surface area (TPSA) is 207 Å². The molecule has 6 heterocycles. The van der Waals surface area contributed by atoms with Gasteiger partial charge in [0.05, 0.1) is 17.0 Å². The van der Waals surface area contributed by atoms with Crippen LogP contribution < -0.4 is 11.0 Å². The zero-order valence-electron chi connectivity index (χ0n) is 39.1. The second kappa shape index (κ2) is 20.9. The molecule has 3 aliphatic heterocycles. The van der Waals surface area contributed by atoms with E-state index >= 15 is 0 Å². The van der Waals surface area contributed by atoms with E-state index in [1.807, 2.05) is 62.4 Å². The highest BCUT2D eigenvalue weighted by Gasteiger charge is 2.38. The van der Waals surface area contributed by atoms with Crippen LogP contribution in [0.25, 0.3) is 22.1 Å². The van der Waals surface area contributed by atoms with Crippen LogP contribution in [-0.2, 0) is 22.6 Å². The molecule has 0 aliphatic carbocycles. The van der Waals surface area contributed by atoms with Gasteiger partial charge in [-0.05, 0) is 132 Å². The predicted octanol–water partition coefficient (Wildman–Crippen LogP) is 7.69. The highest BCUT2D eigenvalue weighted by molar-refractivity contribution is 7.15. The second-order valence-electron chi connectivity index (χ2n) is 17.9. The number of benzene rings is 3. The van der Waals surface area contributed by atoms with Gasteiger partial charge in [-0.2, -0.15) is 18.3 Å². The van der Waals surface area contributed by atoms with Crippen molar-refractivity contribution < 1.29 is 38.1 Å². The van der Waals surface area contributed by atoms with E-state index in [9.17, 15) is 33.0 Å². The number of carboxylic acid groups (broad SMARTS) is 1. The molecule has 2 saturated heterocycles. The number of piperidine rings is 1. The number of hydrogen-bond donors (Lipinski definition) is 5. The number of hydrogen-bond acceptors (Lipinski definition) is 12. The minimum atomic E-state index is -5.08. The Morgan fingerprint density at radius 1 is 0.943 bits per heavy atom. The lowest BCUT2D eigenvalue weighted by atomic mass is 9.95. The van der Waals surface area contributed by atoms with Crippen LogP contribution in [0.2, 0.25) is 5.02 Å². The number of aliphatic carboxylic acids is 1. The summed E-state index contributed by atoms with van der Waals surface area (Å²) in [4.78, 5) is 46.6. The standard InChI is InChI=1S/C47H53ClN10O4S.C2HF3O2/c1-5-32-22-37(40(60)23-39(32)59)43-52-54-47(62)58(43)36-12-6-30(7-13-36)25-55-19-16-34(17-20-55)45(61)56-21-15-31(26-56)24-49-18-14-38-44-53-51-29(4)57(44)46-41(27(2)28(3)63-46)42(50-38)33-8-10-35(48)11-9-33;3-2(4,5)1(6)7/h6-13,22-23,31,34,38,49,59-60H,5,14-21,24-26H2,1-4H3,(H,54,62);(H,6,7)/t31?,38-;/m0./s1. The number of carbonyl (C=O) groups excluding carboxylic acids is 1. The van der Waals surface area contributed by atoms with Crippen LogP contribution >= 0.6 is 22.9 Å². The summed E-state index contributed by atoms with van der Waals surface area (Å²) in [7, 11) is 0. The van der Waals surface area contributed by atoms with Crippen LogP contribution in [0.5, 0.6) is 11.5 Å². The van der Waals surface area contributed by atoms with Gasteiger partial charge in [-0.15, -0.1) is 21.5 Å². The molecule has 3 aliphatic rings. The first-order chi connectivity index (χ1) is 33.4. The molecular formula is C49H54ClF3N10O6S. The fraction of sp³-hybridized carbons (Fsp3) is 0.408. The number of fused-ring (bicyclic) bond motifs is 3. The number of carboxylic acids is 1. The number of likely N-dealkylation sites (tertiary alicyclic amines) is 2. The first-order valence-electron chi connectivity index (χ1n) is 23.1. The Labute approximate surface area is 410 Å². The van der Waals surface area contributed by atoms with E-state index < -0.39 is 17.8 Å². The number of phenols is 2. The smallest absolute Gasteiger partial charge is 0.490 e. The number of aliphatic imine (C=N–C) groups is 1. The van der Waals surface area contributed by atoms with Crippen LogP contribution in [-0.4, -0.2) is 118 Å². The Bertz CT molecular complexity index is 2960. The number of phenolic OH excluding ortho intramolecular Hbond substituents is 2. The van der Waals surface area contributed by atoms with Gasteiger partial charge in [0.25, 0.3) is 0 Å². The van der Waals surface area contributed by atoms with Crippen molar-refractivity contribution >= 4 is 40.5 Å². The van der Waals surface area contributed by atoms with E-state index in [1.165, 1.54) is 21.1 Å². The first-order valence-corrected chi connectivity index (χ1v) is 24.3. The minimum absolute atomic E-state index is 0.000699. The molecule has 0 saturated carbocycles. The number of nitrogens with one attached hydrogen (secondary N) is 2. The maximum atomic E-state index is 13.7. The van der Waals surface area contributed by atoms with Crippen molar-refractivity contribution in [1.82, 2.24) is 44.6 Å². The van der Waals surface area contributed by atoms with Gasteiger partial charge in [-0.1, -0.05) is 42.8 Å². The molecule has 0 spiro atoms. The van der Waals surface area contributed by atoms with Crippen LogP contribution in [0.3, 0.4) is 0 Å². The summed E-state index contributed by atoms with van der Waals surface area (Å²) < 4.78 is 35.4. The third-order valence-electron chi connectivity index (χ3n) is 13.3. The summed E-state index contributed by atoms with van der Waals surface area (Å²) in [5.41, 5.74) is 6.64. The Kier molecular flexibility index (Phi) is 15.0. The maximum Gasteiger partial charge on any atom is 0.490 e. The number of aromatic hydroxyl groups is 2. The number of alkyl halides is 3. The molecule has 21 heteroatoms. The Hall–Kier alpha value is -6.35. The molecule has 2 atom stereocenters. The van der Waals surface area contributed by atoms with Crippen molar-refractivity contribution in [3.05, 3.63) is 121 Å². The number of rotatable bonds is 12. The quantitative estimate of drug-likeness (QED) is 0.0752. The molecule has 3 aromatic carbocycles. The Balaban J connectivity index is 0.000000876. The first kappa shape index (κ1) is 50.1. The third-order valence-corrected chi connectivity index (χ3v) is 14.7. The molecular weight excluding hydrogens is 949 g/mol. The van der Waals surface area contributed by atoms with Gasteiger partial charge in [0.1, 0.15) is 28.4 Å². The van der Waals surface area contributed by atoms with E-state index in [1.54, 1.807) is 17.4 Å². The van der Waals surface area contributed by atoms with Crippen molar-refractivity contribution in [2.24, 2.45) is 16.8 Å². The Morgan fingerprint density at radius 3 is 2.31 bits per heavy atom. The molecule has 3 aromatic heterocycles. The van der Waals surface area contributed by atoms with Crippen molar-refractivity contribution in [3.8, 4) is 33.6 Å². The molecule has 0 radical (unpaired) electrons. The molecule has 9 rings (SSSR count). The molecule has 16 nitrogen and oxygen atoms in total. The average molecular weight is 1000 g/mol. The van der Waals surface area contributed by atoms with E-state index in [0.29, 0.717) is 34.2 Å². The summed E-state index contributed by atoms with van der Waals surface area (Å²) in [5, 5.41) is 49.3. The second-order valence-corrected chi connectivity index (χ2v) is 19.5. The molecule has 70 heavy (non-hydrogen) atoms. The van der Waals surface area contributed by atoms with E-state index in [2.05, 4.69) is 53.9 Å². The van der Waals surface area contributed by atoms with Crippen molar-refractivity contribution in [2.75, 3.05) is 39.3 Å². The summed E-state index contributed by atoms with van der Waals surface area (Å²) in [6, 6.07) is 18.4. The van der Waals surface area contributed by atoms with Gasteiger partial charge in [-0.3, -0.25) is 19.3 Å². The Morgan fingerprint density at radius 2 is 1.64 bits per heavy atom. The fourth-order valence-electron chi connectivity index (χ4n) is 9.34.